The Bertz CT molecular complexity index is 1270. The smallest absolute Gasteiger partial charge is 0.247 e. The van der Waals surface area contributed by atoms with Crippen LogP contribution in [-0.2, 0) is 16.1 Å². The van der Waals surface area contributed by atoms with Crippen LogP contribution >= 0.6 is 0 Å². The van der Waals surface area contributed by atoms with Gasteiger partial charge in [-0.2, -0.15) is 0 Å². The second kappa shape index (κ2) is 12.2. The number of carbonyl (C=O) groups is 3. The number of hydrogen-bond acceptors (Lipinski definition) is 7. The Labute approximate surface area is 233 Å². The maximum atomic E-state index is 13.8. The van der Waals surface area contributed by atoms with Crippen LogP contribution in [0.3, 0.4) is 0 Å². The minimum atomic E-state index is -1.16. The van der Waals surface area contributed by atoms with Crippen molar-refractivity contribution in [3.63, 3.8) is 0 Å². The Hall–Kier alpha value is -3.69. The van der Waals surface area contributed by atoms with E-state index >= 15 is 0 Å². The molecule has 1 heterocycles. The van der Waals surface area contributed by atoms with Crippen LogP contribution in [0.1, 0.15) is 59.5 Å². The zero-order valence-corrected chi connectivity index (χ0v) is 22.6. The molecule has 0 unspecified atom stereocenters. The number of benzene rings is 2. The number of fused-ring (bicyclic) bond motifs is 3. The lowest BCUT2D eigenvalue weighted by Gasteiger charge is -2.41. The first-order chi connectivity index (χ1) is 19.4. The van der Waals surface area contributed by atoms with Gasteiger partial charge >= 0.3 is 0 Å². The summed E-state index contributed by atoms with van der Waals surface area (Å²) in [5.74, 6) is -0.232. The van der Waals surface area contributed by atoms with Gasteiger partial charge in [0.05, 0.1) is 25.7 Å². The summed E-state index contributed by atoms with van der Waals surface area (Å²) in [6, 6.07) is 11.9. The van der Waals surface area contributed by atoms with Crippen molar-refractivity contribution >= 4 is 18.1 Å². The summed E-state index contributed by atoms with van der Waals surface area (Å²) in [4.78, 5) is 40.6. The van der Waals surface area contributed by atoms with E-state index in [1.165, 1.54) is 7.11 Å². The first-order valence-corrected chi connectivity index (χ1v) is 13.9. The molecule has 2 aromatic carbocycles. The van der Waals surface area contributed by atoms with Crippen molar-refractivity contribution in [2.45, 2.75) is 62.8 Å². The SMILES string of the molecule is COc1cc(C=O)cc2c1O[C@@H]1[C@@H](O)[C@H](N(Cc3ccccc3)C(=O)CC3CCCC3)C=C(C(=O)NCCO)[C@H]21. The van der Waals surface area contributed by atoms with E-state index in [2.05, 4.69) is 5.32 Å². The van der Waals surface area contributed by atoms with E-state index in [1.54, 1.807) is 23.1 Å². The Morgan fingerprint density at radius 3 is 2.60 bits per heavy atom. The molecular weight excluding hydrogens is 512 g/mol. The van der Waals surface area contributed by atoms with E-state index in [9.17, 15) is 24.6 Å². The molecule has 3 N–H and O–H groups in total. The van der Waals surface area contributed by atoms with E-state index in [0.29, 0.717) is 46.8 Å². The number of nitrogens with zero attached hydrogens (tertiary/aromatic N) is 1. The Balaban J connectivity index is 1.57. The Morgan fingerprint density at radius 1 is 1.18 bits per heavy atom. The van der Waals surface area contributed by atoms with Crippen molar-refractivity contribution in [2.75, 3.05) is 20.3 Å². The fraction of sp³-hybridized carbons (Fsp3) is 0.452. The zero-order chi connectivity index (χ0) is 28.2. The van der Waals surface area contributed by atoms with E-state index in [0.717, 1.165) is 31.2 Å². The van der Waals surface area contributed by atoms with Gasteiger partial charge in [0.2, 0.25) is 11.8 Å². The third-order valence-electron chi connectivity index (χ3n) is 8.22. The van der Waals surface area contributed by atoms with Gasteiger partial charge in [0.15, 0.2) is 11.5 Å². The third-order valence-corrected chi connectivity index (χ3v) is 8.22. The highest BCUT2D eigenvalue weighted by atomic mass is 16.5. The highest BCUT2D eigenvalue weighted by molar-refractivity contribution is 5.96. The second-order valence-corrected chi connectivity index (χ2v) is 10.8. The molecule has 0 bridgehead atoms. The molecule has 1 saturated carbocycles. The number of methoxy groups -OCH3 is 1. The molecule has 40 heavy (non-hydrogen) atoms. The van der Waals surface area contributed by atoms with Crippen LogP contribution < -0.4 is 14.8 Å². The van der Waals surface area contributed by atoms with Gasteiger partial charge in [-0.3, -0.25) is 14.4 Å². The van der Waals surface area contributed by atoms with Crippen LogP contribution in [0.5, 0.6) is 11.5 Å². The van der Waals surface area contributed by atoms with Crippen LogP contribution in [0.4, 0.5) is 0 Å². The number of aliphatic hydroxyl groups is 2. The number of amides is 2. The molecule has 9 heteroatoms. The fourth-order valence-corrected chi connectivity index (χ4v) is 6.28. The first kappa shape index (κ1) is 27.9. The molecule has 4 atom stereocenters. The Kier molecular flexibility index (Phi) is 8.52. The maximum Gasteiger partial charge on any atom is 0.247 e. The molecule has 0 spiro atoms. The lowest BCUT2D eigenvalue weighted by molar-refractivity contribution is -0.139. The molecule has 2 amide bonds. The van der Waals surface area contributed by atoms with Crippen LogP contribution in [0, 0.1) is 5.92 Å². The van der Waals surface area contributed by atoms with Crippen LogP contribution in [-0.4, -0.2) is 71.7 Å². The fourth-order valence-electron chi connectivity index (χ4n) is 6.28. The largest absolute Gasteiger partial charge is 0.493 e. The van der Waals surface area contributed by atoms with Gasteiger partial charge in [-0.15, -0.1) is 0 Å². The predicted molar refractivity (Wildman–Crippen MR) is 147 cm³/mol. The molecular formula is C31H36N2O7. The second-order valence-electron chi connectivity index (χ2n) is 10.8. The normalized spacial score (nSPS) is 23.4. The molecule has 2 aromatic rings. The number of hydrogen-bond donors (Lipinski definition) is 3. The molecule has 9 nitrogen and oxygen atoms in total. The van der Waals surface area contributed by atoms with Gasteiger partial charge in [0.25, 0.3) is 0 Å². The van der Waals surface area contributed by atoms with E-state index in [1.807, 2.05) is 30.3 Å². The summed E-state index contributed by atoms with van der Waals surface area (Å²) in [6.45, 7) is 0.0645. The summed E-state index contributed by atoms with van der Waals surface area (Å²) in [5.41, 5.74) is 2.12. The van der Waals surface area contributed by atoms with Crippen molar-refractivity contribution in [3.05, 3.63) is 70.8 Å². The van der Waals surface area contributed by atoms with Crippen LogP contribution in [0.2, 0.25) is 0 Å². The number of ether oxygens (including phenoxy) is 2. The molecule has 5 rings (SSSR count). The van der Waals surface area contributed by atoms with Crippen molar-refractivity contribution < 1.29 is 34.1 Å². The average molecular weight is 549 g/mol. The van der Waals surface area contributed by atoms with E-state index in [4.69, 9.17) is 9.47 Å². The maximum absolute atomic E-state index is 13.8. The standard InChI is InChI=1S/C31H36N2O7/c1-39-25-14-21(18-35)13-22-27-23(31(38)32-11-12-34)16-24(28(37)30(27)40-29(22)25)33(17-20-9-3-2-4-10-20)26(36)15-19-7-5-6-8-19/h2-4,9-10,13-14,16,18-19,24,27-28,30,34,37H,5-8,11-12,15,17H2,1H3,(H,32,38)/t24-,27+,28+,30+/m1/s1. The molecule has 0 saturated heterocycles. The monoisotopic (exact) mass is 548 g/mol. The van der Waals surface area contributed by atoms with Gasteiger partial charge in [-0.25, -0.2) is 0 Å². The van der Waals surface area contributed by atoms with Gasteiger partial charge in [0.1, 0.15) is 18.5 Å². The number of aldehydes is 1. The minimum absolute atomic E-state index is 0.0422. The van der Waals surface area contributed by atoms with Crippen molar-refractivity contribution in [2.24, 2.45) is 5.92 Å². The third kappa shape index (κ3) is 5.48. The number of carbonyl (C=O) groups excluding carboxylic acids is 3. The van der Waals surface area contributed by atoms with Gasteiger partial charge in [-0.05, 0) is 42.5 Å². The molecule has 3 aliphatic rings. The zero-order valence-electron chi connectivity index (χ0n) is 22.6. The summed E-state index contributed by atoms with van der Waals surface area (Å²) in [7, 11) is 1.46. The van der Waals surface area contributed by atoms with Gasteiger partial charge in [-0.1, -0.05) is 43.2 Å². The van der Waals surface area contributed by atoms with Gasteiger partial charge < -0.3 is 29.9 Å². The summed E-state index contributed by atoms with van der Waals surface area (Å²) < 4.78 is 11.8. The van der Waals surface area contributed by atoms with Gasteiger partial charge in [0, 0.05) is 36.2 Å². The molecule has 1 aliphatic heterocycles. The molecule has 0 radical (unpaired) electrons. The summed E-state index contributed by atoms with van der Waals surface area (Å²) in [5, 5.41) is 23.8. The summed E-state index contributed by atoms with van der Waals surface area (Å²) in [6.07, 6.45) is 4.90. The molecule has 212 valence electrons. The Morgan fingerprint density at radius 2 is 1.93 bits per heavy atom. The highest BCUT2D eigenvalue weighted by Crippen LogP contribution is 2.51. The lowest BCUT2D eigenvalue weighted by Crippen LogP contribution is -2.55. The molecule has 0 aromatic heterocycles. The van der Waals surface area contributed by atoms with Crippen molar-refractivity contribution in [3.8, 4) is 11.5 Å². The number of aliphatic hydroxyl groups excluding tert-OH is 2. The minimum Gasteiger partial charge on any atom is -0.493 e. The van der Waals surface area contributed by atoms with E-state index in [-0.39, 0.29) is 25.6 Å². The number of rotatable bonds is 10. The summed E-state index contributed by atoms with van der Waals surface area (Å²) >= 11 is 0. The lowest BCUT2D eigenvalue weighted by atomic mass is 9.77. The van der Waals surface area contributed by atoms with Crippen LogP contribution in [0.15, 0.2) is 54.1 Å². The molecule has 1 fully saturated rings. The van der Waals surface area contributed by atoms with Crippen LogP contribution in [0.25, 0.3) is 0 Å². The van der Waals surface area contributed by atoms with Crippen molar-refractivity contribution in [1.82, 2.24) is 10.2 Å². The van der Waals surface area contributed by atoms with Crippen molar-refractivity contribution in [1.29, 1.82) is 0 Å². The average Bonchev–Trinajstić information content (AvgIpc) is 3.63. The predicted octanol–water partition coefficient (Wildman–Crippen LogP) is 2.74. The highest BCUT2D eigenvalue weighted by Gasteiger charge is 2.51. The first-order valence-electron chi connectivity index (χ1n) is 13.9. The number of nitrogens with one attached hydrogen (secondary N) is 1. The molecule has 2 aliphatic carbocycles. The quantitative estimate of drug-likeness (QED) is 0.390. The topological polar surface area (TPSA) is 125 Å². The van der Waals surface area contributed by atoms with E-state index < -0.39 is 30.1 Å².